The second kappa shape index (κ2) is 9.36. The van der Waals surface area contributed by atoms with Gasteiger partial charge in [0.2, 0.25) is 5.91 Å². The van der Waals surface area contributed by atoms with Crippen molar-refractivity contribution < 1.29 is 4.79 Å². The number of amides is 1. The fourth-order valence-corrected chi connectivity index (χ4v) is 3.15. The number of rotatable bonds is 7. The predicted octanol–water partition coefficient (Wildman–Crippen LogP) is 4.82. The summed E-state index contributed by atoms with van der Waals surface area (Å²) < 4.78 is 5.15. The van der Waals surface area contributed by atoms with Gasteiger partial charge in [-0.3, -0.25) is 4.79 Å². The van der Waals surface area contributed by atoms with Crippen molar-refractivity contribution in [2.75, 3.05) is 5.32 Å². The van der Waals surface area contributed by atoms with Crippen LogP contribution >= 0.6 is 15.9 Å². The van der Waals surface area contributed by atoms with E-state index in [1.54, 1.807) is 0 Å². The van der Waals surface area contributed by atoms with Gasteiger partial charge in [-0.25, -0.2) is 0 Å². The topological polar surface area (TPSA) is 43.2 Å². The SMILES string of the molecule is C=[N+]=C(c1ccccc1)c1cc(Br)ccc1NC(=O)CC(CC)CC. The zero-order valence-electron chi connectivity index (χ0n) is 14.8. The summed E-state index contributed by atoms with van der Waals surface area (Å²) in [6.45, 7) is 7.96. The highest BCUT2D eigenvalue weighted by atomic mass is 79.9. The minimum absolute atomic E-state index is 0.0359. The minimum atomic E-state index is 0.0359. The second-order valence-corrected chi connectivity index (χ2v) is 6.91. The number of carbonyl (C=O) groups is 1. The van der Waals surface area contributed by atoms with E-state index in [9.17, 15) is 4.79 Å². The van der Waals surface area contributed by atoms with E-state index in [0.717, 1.165) is 39.8 Å². The molecule has 2 aromatic rings. The van der Waals surface area contributed by atoms with Crippen LogP contribution in [0.15, 0.2) is 53.0 Å². The summed E-state index contributed by atoms with van der Waals surface area (Å²) >= 11 is 3.51. The number of hydrogen-bond acceptors (Lipinski definition) is 1. The maximum absolute atomic E-state index is 12.4. The molecule has 0 atom stereocenters. The van der Waals surface area contributed by atoms with Gasteiger partial charge in [0.25, 0.3) is 6.72 Å². The Bertz CT molecular complexity index is 776. The maximum atomic E-state index is 12.4. The molecule has 0 radical (unpaired) electrons. The Morgan fingerprint density at radius 3 is 2.44 bits per heavy atom. The van der Waals surface area contributed by atoms with Crippen LogP contribution in [0.3, 0.4) is 0 Å². The van der Waals surface area contributed by atoms with Crippen LogP contribution in [0.25, 0.3) is 0 Å². The smallest absolute Gasteiger partial charge is 0.325 e. The number of hydrogen-bond donors (Lipinski definition) is 1. The molecular formula is C21H24BrN2O+. The number of carbonyl (C=O) groups excluding carboxylic acids is 1. The first-order chi connectivity index (χ1) is 12.1. The zero-order chi connectivity index (χ0) is 18.2. The summed E-state index contributed by atoms with van der Waals surface area (Å²) in [6, 6.07) is 15.6. The molecule has 0 spiro atoms. The third-order valence-corrected chi connectivity index (χ3v) is 4.84. The first kappa shape index (κ1) is 19.2. The molecule has 2 rings (SSSR count). The molecule has 25 heavy (non-hydrogen) atoms. The van der Waals surface area contributed by atoms with Crippen molar-refractivity contribution in [1.82, 2.24) is 4.67 Å². The molecule has 0 aliphatic carbocycles. The Morgan fingerprint density at radius 2 is 1.84 bits per heavy atom. The van der Waals surface area contributed by atoms with Gasteiger partial charge in [0.05, 0.1) is 16.8 Å². The first-order valence-corrected chi connectivity index (χ1v) is 9.37. The normalized spacial score (nSPS) is 10.4. The van der Waals surface area contributed by atoms with Crippen LogP contribution < -0.4 is 9.98 Å². The lowest BCUT2D eigenvalue weighted by atomic mass is 9.98. The van der Waals surface area contributed by atoms with E-state index in [1.165, 1.54) is 0 Å². The molecule has 0 bridgehead atoms. The minimum Gasteiger partial charge on any atom is -0.325 e. The third-order valence-electron chi connectivity index (χ3n) is 4.34. The number of benzene rings is 2. The van der Waals surface area contributed by atoms with Crippen molar-refractivity contribution in [1.29, 1.82) is 0 Å². The van der Waals surface area contributed by atoms with Crippen LogP contribution in [-0.4, -0.2) is 18.3 Å². The number of nitrogens with one attached hydrogen (secondary N) is 1. The Balaban J connectivity index is 2.34. The molecule has 1 N–H and O–H groups in total. The van der Waals surface area contributed by atoms with E-state index in [2.05, 4.69) is 46.5 Å². The molecule has 0 aromatic heterocycles. The van der Waals surface area contributed by atoms with Crippen LogP contribution in [0.5, 0.6) is 0 Å². The molecule has 0 aliphatic rings. The van der Waals surface area contributed by atoms with Crippen molar-refractivity contribution in [3.63, 3.8) is 0 Å². The van der Waals surface area contributed by atoms with Crippen molar-refractivity contribution in [2.24, 2.45) is 5.92 Å². The molecule has 2 aromatic carbocycles. The molecule has 1 amide bonds. The Hall–Kier alpha value is -2.16. The largest absolute Gasteiger partial charge is 0.342 e. The molecule has 130 valence electrons. The quantitative estimate of drug-likeness (QED) is 0.526. The van der Waals surface area contributed by atoms with Crippen LogP contribution in [-0.2, 0) is 4.79 Å². The lowest BCUT2D eigenvalue weighted by Crippen LogP contribution is -2.19. The zero-order valence-corrected chi connectivity index (χ0v) is 16.3. The fraction of sp³-hybridized carbons (Fsp3) is 0.286. The van der Waals surface area contributed by atoms with E-state index < -0.39 is 0 Å². The van der Waals surface area contributed by atoms with Gasteiger partial charge in [0.15, 0.2) is 0 Å². The van der Waals surface area contributed by atoms with Gasteiger partial charge in [-0.2, -0.15) is 0 Å². The van der Waals surface area contributed by atoms with Gasteiger partial charge < -0.3 is 5.32 Å². The molecule has 0 unspecified atom stereocenters. The van der Waals surface area contributed by atoms with E-state index in [1.807, 2.05) is 48.5 Å². The standard InChI is InChI=1S/C21H23BrN2O/c1-4-15(5-2)13-20(25)24-19-12-11-17(22)14-18(19)21(23-3)16-9-7-6-8-10-16/h6-12,14-15H,3-5,13H2,1-2H3/p+1. The van der Waals surface area contributed by atoms with Gasteiger partial charge >= 0.3 is 5.71 Å². The molecule has 0 saturated heterocycles. The van der Waals surface area contributed by atoms with Gasteiger partial charge in [0, 0.05) is 10.9 Å². The monoisotopic (exact) mass is 399 g/mol. The van der Waals surface area contributed by atoms with E-state index in [0.29, 0.717) is 12.3 Å². The van der Waals surface area contributed by atoms with Crippen LogP contribution in [0, 0.1) is 5.92 Å². The van der Waals surface area contributed by atoms with Crippen LogP contribution in [0.1, 0.15) is 44.2 Å². The van der Waals surface area contributed by atoms with Crippen LogP contribution in [0.4, 0.5) is 5.69 Å². The van der Waals surface area contributed by atoms with E-state index >= 15 is 0 Å². The third kappa shape index (κ3) is 5.15. The molecule has 0 aliphatic heterocycles. The lowest BCUT2D eigenvalue weighted by molar-refractivity contribution is -0.117. The average molecular weight is 400 g/mol. The summed E-state index contributed by atoms with van der Waals surface area (Å²) in [4.78, 5) is 12.4. The highest BCUT2D eigenvalue weighted by Crippen LogP contribution is 2.24. The Morgan fingerprint density at radius 1 is 1.16 bits per heavy atom. The first-order valence-electron chi connectivity index (χ1n) is 8.57. The van der Waals surface area contributed by atoms with Gasteiger partial charge in [-0.15, -0.1) is 0 Å². The summed E-state index contributed by atoms with van der Waals surface area (Å²) in [6.07, 6.45) is 2.55. The number of nitrogens with zero attached hydrogens (tertiary/aromatic N) is 1. The van der Waals surface area contributed by atoms with Crippen molar-refractivity contribution >= 4 is 40.0 Å². The van der Waals surface area contributed by atoms with Gasteiger partial charge in [0.1, 0.15) is 0 Å². The number of halogens is 1. The lowest BCUT2D eigenvalue weighted by Gasteiger charge is -2.13. The van der Waals surface area contributed by atoms with E-state index in [-0.39, 0.29) is 5.91 Å². The molecule has 0 saturated carbocycles. The maximum Gasteiger partial charge on any atom is 0.342 e. The molecular weight excluding hydrogens is 376 g/mol. The highest BCUT2D eigenvalue weighted by molar-refractivity contribution is 9.10. The summed E-state index contributed by atoms with van der Waals surface area (Å²) in [5, 5.41) is 3.05. The molecule has 0 heterocycles. The van der Waals surface area contributed by atoms with Gasteiger partial charge in [-0.1, -0.05) is 65.5 Å². The summed E-state index contributed by atoms with van der Waals surface area (Å²) in [5.74, 6) is 0.447. The molecule has 0 fully saturated rings. The summed E-state index contributed by atoms with van der Waals surface area (Å²) in [5.41, 5.74) is 3.32. The van der Waals surface area contributed by atoms with E-state index in [4.69, 9.17) is 0 Å². The highest BCUT2D eigenvalue weighted by Gasteiger charge is 2.22. The average Bonchev–Trinajstić information content (AvgIpc) is 2.63. The Labute approximate surface area is 158 Å². The predicted molar refractivity (Wildman–Crippen MR) is 110 cm³/mol. The second-order valence-electron chi connectivity index (χ2n) is 6.00. The van der Waals surface area contributed by atoms with Crippen LogP contribution in [0.2, 0.25) is 0 Å². The molecule has 3 nitrogen and oxygen atoms in total. The summed E-state index contributed by atoms with van der Waals surface area (Å²) in [7, 11) is 0. The van der Waals surface area contributed by atoms with Gasteiger partial charge in [-0.05, 0) is 36.2 Å². The van der Waals surface area contributed by atoms with Crippen molar-refractivity contribution in [2.45, 2.75) is 33.1 Å². The van der Waals surface area contributed by atoms with Crippen molar-refractivity contribution in [3.05, 3.63) is 64.1 Å². The fourth-order valence-electron chi connectivity index (χ4n) is 2.79. The Kier molecular flexibility index (Phi) is 7.17. The number of anilines is 1. The molecule has 4 heteroatoms. The van der Waals surface area contributed by atoms with Crippen molar-refractivity contribution in [3.8, 4) is 0 Å².